The minimum Gasteiger partial charge on any atom is -0.548 e. The minimum atomic E-state index is -1.31. The summed E-state index contributed by atoms with van der Waals surface area (Å²) < 4.78 is 0. The van der Waals surface area contributed by atoms with Crippen LogP contribution in [-0.2, 0) is 9.59 Å². The summed E-state index contributed by atoms with van der Waals surface area (Å²) in [7, 11) is 1.73. The number of aliphatic hydroxyl groups excluding tert-OH is 1. The second-order valence-electron chi connectivity index (χ2n) is 2.76. The van der Waals surface area contributed by atoms with Gasteiger partial charge >= 0.3 is 0 Å². The molecular weight excluding hydrogens is 176 g/mol. The number of aliphatic carboxylic acids is 1. The zero-order chi connectivity index (χ0) is 10.3. The van der Waals surface area contributed by atoms with Gasteiger partial charge in [-0.15, -0.1) is 0 Å². The Kier molecular flexibility index (Phi) is 5.82. The predicted molar refractivity (Wildman–Crippen MR) is 41.7 cm³/mol. The highest BCUT2D eigenvalue weighted by Crippen LogP contribution is 1.59. The van der Waals surface area contributed by atoms with Gasteiger partial charge in [0.05, 0.1) is 26.2 Å². The van der Waals surface area contributed by atoms with Crippen molar-refractivity contribution in [2.24, 2.45) is 0 Å². The van der Waals surface area contributed by atoms with E-state index in [1.54, 1.807) is 7.05 Å². The highest BCUT2D eigenvalue weighted by atomic mass is 16.4. The topological polar surface area (TPSA) is 93.9 Å². The van der Waals surface area contributed by atoms with Gasteiger partial charge in [-0.05, 0) is 0 Å². The van der Waals surface area contributed by atoms with Crippen LogP contribution in [0.3, 0.4) is 0 Å². The van der Waals surface area contributed by atoms with Crippen LogP contribution in [0.2, 0.25) is 0 Å². The molecule has 0 aromatic carbocycles. The fourth-order valence-electron chi connectivity index (χ4n) is 0.787. The Morgan fingerprint density at radius 2 is 2.15 bits per heavy atom. The van der Waals surface area contributed by atoms with E-state index in [2.05, 4.69) is 5.32 Å². The number of rotatable bonds is 6. The Hall–Kier alpha value is -1.14. The second kappa shape index (κ2) is 6.38. The Balaban J connectivity index is 3.55. The molecule has 13 heavy (non-hydrogen) atoms. The van der Waals surface area contributed by atoms with Crippen molar-refractivity contribution < 1.29 is 24.7 Å². The lowest BCUT2D eigenvalue weighted by atomic mass is 10.5. The summed E-state index contributed by atoms with van der Waals surface area (Å²) in [5, 5.41) is 20.6. The molecule has 0 fully saturated rings. The van der Waals surface area contributed by atoms with Crippen LogP contribution < -0.4 is 15.3 Å². The maximum absolute atomic E-state index is 10.9. The molecule has 0 radical (unpaired) electrons. The van der Waals surface area contributed by atoms with Crippen molar-refractivity contribution in [2.75, 3.05) is 33.3 Å². The van der Waals surface area contributed by atoms with Crippen LogP contribution >= 0.6 is 0 Å². The fourth-order valence-corrected chi connectivity index (χ4v) is 0.787. The molecule has 0 saturated heterocycles. The SMILES string of the molecule is C[NH+](CCO)CC(=O)NCC(=O)[O-]. The molecule has 0 spiro atoms. The minimum absolute atomic E-state index is 0.000397. The Labute approximate surface area is 76.2 Å². The lowest BCUT2D eigenvalue weighted by molar-refractivity contribution is -0.871. The number of hydrogen-bond donors (Lipinski definition) is 3. The number of amides is 1. The normalized spacial score (nSPS) is 12.2. The van der Waals surface area contributed by atoms with Gasteiger partial charge in [0.2, 0.25) is 0 Å². The first-order chi connectivity index (χ1) is 6.06. The summed E-state index contributed by atoms with van der Waals surface area (Å²) >= 11 is 0. The van der Waals surface area contributed by atoms with Gasteiger partial charge in [-0.1, -0.05) is 0 Å². The first-order valence-corrected chi connectivity index (χ1v) is 3.95. The third-order valence-electron chi connectivity index (χ3n) is 1.43. The Morgan fingerprint density at radius 1 is 1.54 bits per heavy atom. The van der Waals surface area contributed by atoms with Crippen molar-refractivity contribution >= 4 is 11.9 Å². The van der Waals surface area contributed by atoms with E-state index in [9.17, 15) is 14.7 Å². The van der Waals surface area contributed by atoms with E-state index in [4.69, 9.17) is 5.11 Å². The molecule has 0 heterocycles. The Morgan fingerprint density at radius 3 is 2.62 bits per heavy atom. The molecule has 0 aliphatic rings. The number of carboxylic acid groups (broad SMARTS) is 1. The van der Waals surface area contributed by atoms with Gasteiger partial charge in [0.1, 0.15) is 6.54 Å². The number of quaternary nitrogens is 1. The van der Waals surface area contributed by atoms with E-state index in [1.165, 1.54) is 0 Å². The first kappa shape index (κ1) is 11.9. The highest BCUT2D eigenvalue weighted by molar-refractivity contribution is 5.81. The molecular formula is C7H14N2O4. The van der Waals surface area contributed by atoms with Gasteiger partial charge in [-0.2, -0.15) is 0 Å². The fraction of sp³-hybridized carbons (Fsp3) is 0.714. The van der Waals surface area contributed by atoms with Gasteiger partial charge in [-0.25, -0.2) is 0 Å². The summed E-state index contributed by atoms with van der Waals surface area (Å²) in [4.78, 5) is 21.7. The van der Waals surface area contributed by atoms with Gasteiger partial charge in [0, 0.05) is 0 Å². The Bertz CT molecular complexity index is 183. The van der Waals surface area contributed by atoms with Crippen molar-refractivity contribution in [1.29, 1.82) is 0 Å². The highest BCUT2D eigenvalue weighted by Gasteiger charge is 2.07. The standard InChI is InChI=1S/C7H14N2O4/c1-9(2-3-10)5-6(11)8-4-7(12)13/h10H,2-5H2,1H3,(H,8,11)(H,12,13). The molecule has 1 atom stereocenters. The van der Waals surface area contributed by atoms with Crippen molar-refractivity contribution in [2.45, 2.75) is 0 Å². The molecule has 1 unspecified atom stereocenters. The molecule has 6 nitrogen and oxygen atoms in total. The van der Waals surface area contributed by atoms with E-state index in [0.29, 0.717) is 6.54 Å². The zero-order valence-corrected chi connectivity index (χ0v) is 7.50. The largest absolute Gasteiger partial charge is 0.548 e. The van der Waals surface area contributed by atoms with Gasteiger partial charge in [0.25, 0.3) is 5.91 Å². The number of aliphatic hydroxyl groups is 1. The van der Waals surface area contributed by atoms with Crippen molar-refractivity contribution in [3.05, 3.63) is 0 Å². The monoisotopic (exact) mass is 190 g/mol. The molecule has 0 saturated carbocycles. The average Bonchev–Trinajstić information content (AvgIpc) is 2.01. The maximum Gasteiger partial charge on any atom is 0.275 e. The third-order valence-corrected chi connectivity index (χ3v) is 1.43. The smallest absolute Gasteiger partial charge is 0.275 e. The molecule has 6 heteroatoms. The molecule has 0 rings (SSSR count). The molecule has 76 valence electrons. The van der Waals surface area contributed by atoms with Gasteiger partial charge in [-0.3, -0.25) is 4.79 Å². The van der Waals surface area contributed by atoms with Crippen LogP contribution in [0.25, 0.3) is 0 Å². The van der Waals surface area contributed by atoms with E-state index < -0.39 is 12.5 Å². The molecule has 0 aliphatic heterocycles. The third kappa shape index (κ3) is 7.23. The van der Waals surface area contributed by atoms with Crippen LogP contribution in [0, 0.1) is 0 Å². The molecule has 0 aromatic heterocycles. The second-order valence-corrected chi connectivity index (χ2v) is 2.76. The maximum atomic E-state index is 10.9. The van der Waals surface area contributed by atoms with Crippen LogP contribution in [0.15, 0.2) is 0 Å². The van der Waals surface area contributed by atoms with Crippen LogP contribution in [0.1, 0.15) is 0 Å². The average molecular weight is 190 g/mol. The quantitative estimate of drug-likeness (QED) is 0.392. The van der Waals surface area contributed by atoms with Crippen LogP contribution in [0.4, 0.5) is 0 Å². The molecule has 3 N–H and O–H groups in total. The summed E-state index contributed by atoms with van der Waals surface area (Å²) in [6.45, 7) is 0.136. The van der Waals surface area contributed by atoms with E-state index in [-0.39, 0.29) is 19.1 Å². The summed E-state index contributed by atoms with van der Waals surface area (Å²) in [5.74, 6) is -1.68. The van der Waals surface area contributed by atoms with E-state index >= 15 is 0 Å². The van der Waals surface area contributed by atoms with Crippen molar-refractivity contribution in [3.8, 4) is 0 Å². The summed E-state index contributed by atoms with van der Waals surface area (Å²) in [5.41, 5.74) is 0. The van der Waals surface area contributed by atoms with Crippen molar-refractivity contribution in [3.63, 3.8) is 0 Å². The van der Waals surface area contributed by atoms with Gasteiger partial charge < -0.3 is 25.2 Å². The number of likely N-dealkylation sites (N-methyl/N-ethyl adjacent to an activating group) is 1. The lowest BCUT2D eigenvalue weighted by Crippen LogP contribution is -3.10. The molecule has 0 bridgehead atoms. The number of carboxylic acids is 1. The summed E-state index contributed by atoms with van der Waals surface area (Å²) in [6.07, 6.45) is 0. The first-order valence-electron chi connectivity index (χ1n) is 3.95. The number of carbonyl (C=O) groups is 2. The molecule has 1 amide bonds. The number of hydrogen-bond acceptors (Lipinski definition) is 4. The van der Waals surface area contributed by atoms with Crippen LogP contribution in [0.5, 0.6) is 0 Å². The lowest BCUT2D eigenvalue weighted by Gasteiger charge is -2.12. The predicted octanol–water partition coefficient (Wildman–Crippen LogP) is -4.64. The van der Waals surface area contributed by atoms with E-state index in [1.807, 2.05) is 0 Å². The molecule has 0 aromatic rings. The number of carbonyl (C=O) groups excluding carboxylic acids is 2. The summed E-state index contributed by atoms with van der Waals surface area (Å²) in [6, 6.07) is 0. The van der Waals surface area contributed by atoms with Crippen molar-refractivity contribution in [1.82, 2.24) is 5.32 Å². The van der Waals surface area contributed by atoms with Gasteiger partial charge in [0.15, 0.2) is 6.54 Å². The zero-order valence-electron chi connectivity index (χ0n) is 7.50. The number of nitrogens with one attached hydrogen (secondary N) is 2. The molecule has 0 aliphatic carbocycles. The van der Waals surface area contributed by atoms with E-state index in [0.717, 1.165) is 4.90 Å². The van der Waals surface area contributed by atoms with Crippen LogP contribution in [-0.4, -0.2) is 50.3 Å².